The molecule has 0 aliphatic heterocycles. The molecule has 0 amide bonds. The van der Waals surface area contributed by atoms with Crippen LogP contribution in [0.1, 0.15) is 46.5 Å². The molecule has 4 nitrogen and oxygen atoms in total. The van der Waals surface area contributed by atoms with Gasteiger partial charge in [-0.3, -0.25) is 9.59 Å². The second-order valence-electron chi connectivity index (χ2n) is 4.70. The number of esters is 2. The van der Waals surface area contributed by atoms with Crippen molar-refractivity contribution in [2.45, 2.75) is 58.7 Å². The molecule has 0 radical (unpaired) electrons. The molecule has 0 fully saturated rings. The van der Waals surface area contributed by atoms with E-state index in [1.807, 2.05) is 13.8 Å². The van der Waals surface area contributed by atoms with Crippen LogP contribution in [0.25, 0.3) is 0 Å². The van der Waals surface area contributed by atoms with Crippen molar-refractivity contribution in [3.8, 4) is 0 Å². The summed E-state index contributed by atoms with van der Waals surface area (Å²) >= 11 is 0. The number of halogens is 3. The molecule has 0 saturated carbocycles. The predicted octanol–water partition coefficient (Wildman–Crippen LogP) is 3.24. The summed E-state index contributed by atoms with van der Waals surface area (Å²) in [6.07, 6.45) is -5.76. The minimum absolute atomic E-state index is 0.252. The van der Waals surface area contributed by atoms with Crippen LogP contribution in [0.3, 0.4) is 0 Å². The van der Waals surface area contributed by atoms with Crippen LogP contribution >= 0.6 is 0 Å². The third kappa shape index (κ3) is 8.77. The van der Waals surface area contributed by atoms with Gasteiger partial charge in [0, 0.05) is 0 Å². The fourth-order valence-electron chi connectivity index (χ4n) is 1.18. The van der Waals surface area contributed by atoms with E-state index < -0.39 is 30.6 Å². The maximum atomic E-state index is 12.1. The first-order valence-corrected chi connectivity index (χ1v) is 6.58. The Morgan fingerprint density at radius 3 is 2.15 bits per heavy atom. The van der Waals surface area contributed by atoms with Crippen molar-refractivity contribution < 1.29 is 32.2 Å². The van der Waals surface area contributed by atoms with Gasteiger partial charge in [-0.25, -0.2) is 0 Å². The van der Waals surface area contributed by atoms with Crippen molar-refractivity contribution in [3.05, 3.63) is 0 Å². The van der Waals surface area contributed by atoms with Crippen LogP contribution in [-0.4, -0.2) is 30.8 Å². The van der Waals surface area contributed by atoms with Gasteiger partial charge < -0.3 is 9.47 Å². The maximum absolute atomic E-state index is 12.1. The van der Waals surface area contributed by atoms with E-state index in [9.17, 15) is 22.8 Å². The number of alkyl halides is 3. The van der Waals surface area contributed by atoms with Crippen molar-refractivity contribution in [2.24, 2.45) is 5.92 Å². The number of carbonyl (C=O) groups is 2. The summed E-state index contributed by atoms with van der Waals surface area (Å²) in [5, 5.41) is 0. The summed E-state index contributed by atoms with van der Waals surface area (Å²) in [6.45, 7) is 5.03. The van der Waals surface area contributed by atoms with Gasteiger partial charge in [-0.05, 0) is 19.3 Å². The molecule has 2 unspecified atom stereocenters. The van der Waals surface area contributed by atoms with Gasteiger partial charge >= 0.3 is 18.1 Å². The van der Waals surface area contributed by atoms with Gasteiger partial charge in [-0.2, -0.15) is 13.2 Å². The van der Waals surface area contributed by atoms with E-state index in [-0.39, 0.29) is 13.0 Å². The van der Waals surface area contributed by atoms with Crippen LogP contribution in [0, 0.1) is 5.92 Å². The van der Waals surface area contributed by atoms with Crippen molar-refractivity contribution in [1.82, 2.24) is 0 Å². The molecule has 0 rings (SSSR count). The van der Waals surface area contributed by atoms with Gasteiger partial charge in [0.25, 0.3) is 0 Å². The standard InChI is InChI=1S/C13H21F3O4/c1-4-9(2)7-8-19-11(17)5-6-12(18)20-10(3)13(14,15)16/h9-10H,4-8H2,1-3H3. The molecule has 0 saturated heterocycles. The van der Waals surface area contributed by atoms with E-state index in [0.29, 0.717) is 5.92 Å². The number of hydrogen-bond acceptors (Lipinski definition) is 4. The number of ether oxygens (including phenoxy) is 2. The molecule has 0 spiro atoms. The number of rotatable bonds is 8. The predicted molar refractivity (Wildman–Crippen MR) is 65.9 cm³/mol. The largest absolute Gasteiger partial charge is 0.466 e. The molecule has 0 heterocycles. The molecule has 2 atom stereocenters. The number of hydrogen-bond donors (Lipinski definition) is 0. The van der Waals surface area contributed by atoms with Crippen LogP contribution in [0.5, 0.6) is 0 Å². The quantitative estimate of drug-likeness (QED) is 0.646. The topological polar surface area (TPSA) is 52.6 Å². The smallest absolute Gasteiger partial charge is 0.425 e. The molecule has 20 heavy (non-hydrogen) atoms. The Hall–Kier alpha value is -1.27. The summed E-state index contributed by atoms with van der Waals surface area (Å²) in [6, 6.07) is 0. The molecule has 0 aromatic carbocycles. The lowest BCUT2D eigenvalue weighted by Crippen LogP contribution is -2.31. The van der Waals surface area contributed by atoms with Gasteiger partial charge in [-0.15, -0.1) is 0 Å². The van der Waals surface area contributed by atoms with E-state index >= 15 is 0 Å². The monoisotopic (exact) mass is 298 g/mol. The highest BCUT2D eigenvalue weighted by molar-refractivity contribution is 5.77. The van der Waals surface area contributed by atoms with Crippen LogP contribution in [-0.2, 0) is 19.1 Å². The molecule has 118 valence electrons. The summed E-state index contributed by atoms with van der Waals surface area (Å²) in [4.78, 5) is 22.4. The Labute approximate surface area is 116 Å². The lowest BCUT2D eigenvalue weighted by molar-refractivity contribution is -0.216. The maximum Gasteiger partial charge on any atom is 0.425 e. The molecule has 0 aromatic rings. The first kappa shape index (κ1) is 18.7. The van der Waals surface area contributed by atoms with Gasteiger partial charge in [0.05, 0.1) is 19.4 Å². The lowest BCUT2D eigenvalue weighted by Gasteiger charge is -2.16. The normalized spacial score (nSPS) is 14.5. The molecule has 0 bridgehead atoms. The third-order valence-corrected chi connectivity index (χ3v) is 2.87. The van der Waals surface area contributed by atoms with E-state index in [0.717, 1.165) is 19.8 Å². The van der Waals surface area contributed by atoms with Crippen molar-refractivity contribution >= 4 is 11.9 Å². The SMILES string of the molecule is CCC(C)CCOC(=O)CCC(=O)OC(C)C(F)(F)F. The first-order valence-electron chi connectivity index (χ1n) is 6.58. The highest BCUT2D eigenvalue weighted by atomic mass is 19.4. The highest BCUT2D eigenvalue weighted by Gasteiger charge is 2.39. The minimum atomic E-state index is -4.59. The van der Waals surface area contributed by atoms with Crippen LogP contribution in [0.4, 0.5) is 13.2 Å². The van der Waals surface area contributed by atoms with Gasteiger partial charge in [0.15, 0.2) is 6.10 Å². The van der Waals surface area contributed by atoms with Crippen LogP contribution in [0.15, 0.2) is 0 Å². The summed E-state index contributed by atoms with van der Waals surface area (Å²) < 4.78 is 45.4. The first-order chi connectivity index (χ1) is 9.16. The Bertz CT molecular complexity index is 315. The second-order valence-corrected chi connectivity index (χ2v) is 4.70. The van der Waals surface area contributed by atoms with Crippen molar-refractivity contribution in [3.63, 3.8) is 0 Å². The molecule has 0 aliphatic rings. The Morgan fingerprint density at radius 1 is 1.10 bits per heavy atom. The Kier molecular flexibility index (Phi) is 8.25. The second kappa shape index (κ2) is 8.81. The molecule has 0 N–H and O–H groups in total. The Morgan fingerprint density at radius 2 is 1.65 bits per heavy atom. The van der Waals surface area contributed by atoms with Gasteiger partial charge in [-0.1, -0.05) is 20.3 Å². The lowest BCUT2D eigenvalue weighted by atomic mass is 10.1. The van der Waals surface area contributed by atoms with E-state index in [1.54, 1.807) is 0 Å². The molecule has 0 aromatic heterocycles. The fourth-order valence-corrected chi connectivity index (χ4v) is 1.18. The molecular weight excluding hydrogens is 277 g/mol. The van der Waals surface area contributed by atoms with Crippen molar-refractivity contribution in [1.29, 1.82) is 0 Å². The van der Waals surface area contributed by atoms with Gasteiger partial charge in [0.1, 0.15) is 0 Å². The fraction of sp³-hybridized carbons (Fsp3) is 0.846. The summed E-state index contributed by atoms with van der Waals surface area (Å²) in [7, 11) is 0. The zero-order chi connectivity index (χ0) is 15.8. The Balaban J connectivity index is 3.82. The average Bonchev–Trinajstić information content (AvgIpc) is 2.34. The zero-order valence-corrected chi connectivity index (χ0v) is 12.0. The summed E-state index contributed by atoms with van der Waals surface area (Å²) in [5.74, 6) is -1.24. The minimum Gasteiger partial charge on any atom is -0.466 e. The van der Waals surface area contributed by atoms with Crippen LogP contribution < -0.4 is 0 Å². The third-order valence-electron chi connectivity index (χ3n) is 2.87. The van der Waals surface area contributed by atoms with E-state index in [4.69, 9.17) is 4.74 Å². The average molecular weight is 298 g/mol. The highest BCUT2D eigenvalue weighted by Crippen LogP contribution is 2.22. The van der Waals surface area contributed by atoms with Crippen LogP contribution in [0.2, 0.25) is 0 Å². The van der Waals surface area contributed by atoms with Gasteiger partial charge in [0.2, 0.25) is 0 Å². The zero-order valence-electron chi connectivity index (χ0n) is 12.0. The van der Waals surface area contributed by atoms with Crippen molar-refractivity contribution in [2.75, 3.05) is 6.61 Å². The molecular formula is C13H21F3O4. The molecule has 7 heteroatoms. The molecule has 0 aliphatic carbocycles. The van der Waals surface area contributed by atoms with E-state index in [1.165, 1.54) is 0 Å². The number of carbonyl (C=O) groups excluding carboxylic acids is 2. The van der Waals surface area contributed by atoms with E-state index in [2.05, 4.69) is 4.74 Å². The summed E-state index contributed by atoms with van der Waals surface area (Å²) in [5.41, 5.74) is 0.